The maximum atomic E-state index is 12.2. The van der Waals surface area contributed by atoms with Gasteiger partial charge < -0.3 is 10.1 Å². The van der Waals surface area contributed by atoms with E-state index in [1.165, 1.54) is 12.1 Å². The van der Waals surface area contributed by atoms with Crippen LogP contribution in [0.25, 0.3) is 0 Å². The lowest BCUT2D eigenvalue weighted by Gasteiger charge is -2.20. The molecule has 1 unspecified atom stereocenters. The molecule has 0 fully saturated rings. The van der Waals surface area contributed by atoms with Crippen LogP contribution >= 0.6 is 0 Å². The summed E-state index contributed by atoms with van der Waals surface area (Å²) in [7, 11) is -3.61. The molecule has 6 nitrogen and oxygen atoms in total. The molecule has 2 rings (SSSR count). The summed E-state index contributed by atoms with van der Waals surface area (Å²) in [5, 5.41) is 2.59. The van der Waals surface area contributed by atoms with Crippen LogP contribution < -0.4 is 14.8 Å². The molecule has 0 saturated carbocycles. The van der Waals surface area contributed by atoms with Crippen LogP contribution in [0.1, 0.15) is 20.8 Å². The first kappa shape index (κ1) is 14.8. The van der Waals surface area contributed by atoms with Crippen LogP contribution in [0.4, 0.5) is 5.69 Å². The molecule has 1 aromatic rings. The summed E-state index contributed by atoms with van der Waals surface area (Å²) in [5.74, 6) is 0.362. The van der Waals surface area contributed by atoms with Gasteiger partial charge in [-0.1, -0.05) is 13.8 Å². The van der Waals surface area contributed by atoms with Crippen LogP contribution in [0.3, 0.4) is 0 Å². The van der Waals surface area contributed by atoms with Crippen molar-refractivity contribution >= 4 is 21.6 Å². The summed E-state index contributed by atoms with van der Waals surface area (Å²) in [6.45, 7) is 5.63. The summed E-state index contributed by atoms with van der Waals surface area (Å²) in [4.78, 5) is 11.4. The predicted molar refractivity (Wildman–Crippen MR) is 75.2 cm³/mol. The van der Waals surface area contributed by atoms with Crippen molar-refractivity contribution in [3.8, 4) is 5.75 Å². The number of sulfonamides is 1. The van der Waals surface area contributed by atoms with Crippen molar-refractivity contribution in [3.05, 3.63) is 18.2 Å². The Morgan fingerprint density at radius 2 is 2.00 bits per heavy atom. The molecule has 110 valence electrons. The van der Waals surface area contributed by atoms with Crippen LogP contribution in [0, 0.1) is 5.92 Å². The zero-order valence-corrected chi connectivity index (χ0v) is 12.5. The fraction of sp³-hybridized carbons (Fsp3) is 0.462. The third kappa shape index (κ3) is 3.10. The lowest BCUT2D eigenvalue weighted by atomic mass is 10.1. The van der Waals surface area contributed by atoms with Gasteiger partial charge in [-0.2, -0.15) is 0 Å². The average Bonchev–Trinajstić information content (AvgIpc) is 2.37. The minimum atomic E-state index is -3.61. The summed E-state index contributed by atoms with van der Waals surface area (Å²) in [6.07, 6.45) is 0. The number of carbonyl (C=O) groups excluding carboxylic acids is 1. The molecule has 0 saturated heterocycles. The number of hydrogen-bond acceptors (Lipinski definition) is 4. The first-order valence-electron chi connectivity index (χ1n) is 6.38. The van der Waals surface area contributed by atoms with Crippen LogP contribution in [0.15, 0.2) is 23.1 Å². The molecule has 0 aliphatic carbocycles. The van der Waals surface area contributed by atoms with E-state index in [9.17, 15) is 13.2 Å². The van der Waals surface area contributed by atoms with Gasteiger partial charge in [0.2, 0.25) is 10.0 Å². The highest BCUT2D eigenvalue weighted by Gasteiger charge is 2.23. The number of anilines is 1. The Labute approximate surface area is 118 Å². The van der Waals surface area contributed by atoms with Crippen molar-refractivity contribution in [2.75, 3.05) is 11.9 Å². The minimum absolute atomic E-state index is 0.0538. The van der Waals surface area contributed by atoms with Crippen LogP contribution in [0.5, 0.6) is 5.75 Å². The molecule has 0 aromatic heterocycles. The van der Waals surface area contributed by atoms with Gasteiger partial charge in [-0.05, 0) is 31.0 Å². The molecule has 20 heavy (non-hydrogen) atoms. The van der Waals surface area contributed by atoms with Crippen molar-refractivity contribution in [2.24, 2.45) is 5.92 Å². The van der Waals surface area contributed by atoms with E-state index in [4.69, 9.17) is 4.74 Å². The van der Waals surface area contributed by atoms with Gasteiger partial charge in [0.15, 0.2) is 6.61 Å². The smallest absolute Gasteiger partial charge is 0.262 e. The number of amides is 1. The first-order chi connectivity index (χ1) is 9.29. The topological polar surface area (TPSA) is 84.5 Å². The molecule has 0 bridgehead atoms. The van der Waals surface area contributed by atoms with Crippen molar-refractivity contribution in [1.29, 1.82) is 0 Å². The number of benzene rings is 1. The monoisotopic (exact) mass is 298 g/mol. The van der Waals surface area contributed by atoms with E-state index in [0.717, 1.165) is 0 Å². The molecular formula is C13H18N2O4S. The van der Waals surface area contributed by atoms with E-state index in [0.29, 0.717) is 11.4 Å². The second kappa shape index (κ2) is 5.41. The largest absolute Gasteiger partial charge is 0.482 e. The van der Waals surface area contributed by atoms with Crippen LogP contribution in [-0.2, 0) is 14.8 Å². The maximum absolute atomic E-state index is 12.2. The van der Waals surface area contributed by atoms with Crippen molar-refractivity contribution in [1.82, 2.24) is 4.72 Å². The fourth-order valence-corrected chi connectivity index (χ4v) is 3.10. The Morgan fingerprint density at radius 1 is 1.30 bits per heavy atom. The Kier molecular flexibility index (Phi) is 4.01. The van der Waals surface area contributed by atoms with E-state index < -0.39 is 10.0 Å². The van der Waals surface area contributed by atoms with E-state index >= 15 is 0 Å². The first-order valence-corrected chi connectivity index (χ1v) is 7.87. The lowest BCUT2D eigenvalue weighted by Crippen LogP contribution is -2.36. The van der Waals surface area contributed by atoms with Gasteiger partial charge in [-0.25, -0.2) is 13.1 Å². The molecule has 1 aliphatic rings. The number of hydrogen-bond donors (Lipinski definition) is 2. The Bertz CT molecular complexity index is 625. The summed E-state index contributed by atoms with van der Waals surface area (Å²) in [5.41, 5.74) is 0.376. The fourth-order valence-electron chi connectivity index (χ4n) is 1.68. The molecule has 1 atom stereocenters. The van der Waals surface area contributed by atoms with Crippen molar-refractivity contribution < 1.29 is 17.9 Å². The van der Waals surface area contributed by atoms with Gasteiger partial charge in [0.1, 0.15) is 5.75 Å². The zero-order valence-electron chi connectivity index (χ0n) is 11.6. The van der Waals surface area contributed by atoms with E-state index in [-0.39, 0.29) is 29.4 Å². The molecule has 1 heterocycles. The van der Waals surface area contributed by atoms with E-state index in [2.05, 4.69) is 10.0 Å². The van der Waals surface area contributed by atoms with Crippen LogP contribution in [0.2, 0.25) is 0 Å². The average molecular weight is 298 g/mol. The van der Waals surface area contributed by atoms with Crippen molar-refractivity contribution in [2.45, 2.75) is 31.7 Å². The molecule has 2 N–H and O–H groups in total. The van der Waals surface area contributed by atoms with Gasteiger partial charge in [0.05, 0.1) is 10.6 Å². The third-order valence-electron chi connectivity index (χ3n) is 3.24. The van der Waals surface area contributed by atoms with Gasteiger partial charge >= 0.3 is 0 Å². The number of nitrogens with one attached hydrogen (secondary N) is 2. The number of ether oxygens (including phenoxy) is 1. The summed E-state index contributed by atoms with van der Waals surface area (Å²) < 4.78 is 32.3. The second-order valence-electron chi connectivity index (χ2n) is 5.15. The summed E-state index contributed by atoms with van der Waals surface area (Å²) in [6, 6.07) is 4.23. The highest BCUT2D eigenvalue weighted by molar-refractivity contribution is 7.89. The lowest BCUT2D eigenvalue weighted by molar-refractivity contribution is -0.118. The second-order valence-corrected chi connectivity index (χ2v) is 6.86. The number of carbonyl (C=O) groups is 1. The molecule has 1 aliphatic heterocycles. The quantitative estimate of drug-likeness (QED) is 0.878. The normalized spacial score (nSPS) is 16.3. The zero-order chi connectivity index (χ0) is 14.9. The number of rotatable bonds is 4. The highest BCUT2D eigenvalue weighted by Crippen LogP contribution is 2.30. The standard InChI is InChI=1S/C13H18N2O4S/c1-8(2)9(3)15-20(17,18)10-4-5-12-11(6-10)14-13(16)7-19-12/h4-6,8-9,15H,7H2,1-3H3,(H,14,16). The molecule has 7 heteroatoms. The van der Waals surface area contributed by atoms with Gasteiger partial charge in [0, 0.05) is 6.04 Å². The Hall–Kier alpha value is -1.60. The molecule has 1 aromatic carbocycles. The third-order valence-corrected chi connectivity index (χ3v) is 4.79. The predicted octanol–water partition coefficient (Wildman–Crippen LogP) is 1.34. The van der Waals surface area contributed by atoms with E-state index in [1.807, 2.05) is 20.8 Å². The maximum Gasteiger partial charge on any atom is 0.262 e. The molecule has 1 amide bonds. The van der Waals surface area contributed by atoms with Gasteiger partial charge in [0.25, 0.3) is 5.91 Å². The molecular weight excluding hydrogens is 280 g/mol. The highest BCUT2D eigenvalue weighted by atomic mass is 32.2. The minimum Gasteiger partial charge on any atom is -0.482 e. The molecule has 0 spiro atoms. The van der Waals surface area contributed by atoms with Crippen molar-refractivity contribution in [3.63, 3.8) is 0 Å². The van der Waals surface area contributed by atoms with E-state index in [1.54, 1.807) is 6.07 Å². The SMILES string of the molecule is CC(C)C(C)NS(=O)(=O)c1ccc2c(c1)NC(=O)CO2. The van der Waals surface area contributed by atoms with Gasteiger partial charge in [-0.15, -0.1) is 0 Å². The number of fused-ring (bicyclic) bond motifs is 1. The Balaban J connectivity index is 2.29. The van der Waals surface area contributed by atoms with Crippen LogP contribution in [-0.4, -0.2) is 27.0 Å². The summed E-state index contributed by atoms with van der Waals surface area (Å²) >= 11 is 0. The molecule has 0 radical (unpaired) electrons. The van der Waals surface area contributed by atoms with Gasteiger partial charge in [-0.3, -0.25) is 4.79 Å². The Morgan fingerprint density at radius 3 is 2.65 bits per heavy atom.